The predicted molar refractivity (Wildman–Crippen MR) is 129 cm³/mol. The van der Waals surface area contributed by atoms with Gasteiger partial charge in [-0.1, -0.05) is 23.9 Å². The second-order valence-corrected chi connectivity index (χ2v) is 11.3. The minimum Gasteiger partial charge on any atom is -0.390 e. The fourth-order valence-corrected chi connectivity index (χ4v) is 6.22. The van der Waals surface area contributed by atoms with Gasteiger partial charge in [-0.25, -0.2) is 14.6 Å². The first-order valence-electron chi connectivity index (χ1n) is 11.6. The highest BCUT2D eigenvalue weighted by Gasteiger charge is 2.62. The molecule has 0 amide bonds. The highest BCUT2D eigenvalue weighted by atomic mass is 32.2. The smallest absolute Gasteiger partial charge is 0.191 e. The first-order valence-corrected chi connectivity index (χ1v) is 12.8. The van der Waals surface area contributed by atoms with Crippen LogP contribution in [0.15, 0.2) is 35.6 Å². The van der Waals surface area contributed by atoms with Crippen LogP contribution in [0.4, 0.5) is 5.82 Å². The van der Waals surface area contributed by atoms with Crippen LogP contribution in [0.2, 0.25) is 0 Å². The van der Waals surface area contributed by atoms with Gasteiger partial charge in [0.05, 0.1) is 28.8 Å². The molecule has 3 aromatic rings. The summed E-state index contributed by atoms with van der Waals surface area (Å²) >= 11 is 1.52. The molecule has 1 aromatic carbocycles. The molecular weight excluding hydrogens is 432 g/mol. The van der Waals surface area contributed by atoms with Gasteiger partial charge >= 0.3 is 0 Å². The van der Waals surface area contributed by atoms with Crippen LogP contribution in [-0.2, 0) is 5.41 Å². The fraction of sp³-hybridized carbons (Fsp3) is 0.520. The van der Waals surface area contributed by atoms with Crippen molar-refractivity contribution in [3.05, 3.63) is 36.0 Å². The standard InChI is InChI=1S/C25H28N6OS/c1-23(2,32)25-11-18(12-25)30(15-25)20-10-21(29-22(28-20)33-3)31-19-9-17(6-5-16(19)13-27-31)24(14-26)7-4-8-24/h5-6,9-10,13,18,32H,4,7-8,11-12,15H2,1-3H3. The van der Waals surface area contributed by atoms with Crippen molar-refractivity contribution in [2.24, 2.45) is 5.41 Å². The summed E-state index contributed by atoms with van der Waals surface area (Å²) in [6.45, 7) is 4.66. The number of nitriles is 1. The van der Waals surface area contributed by atoms with Crippen molar-refractivity contribution < 1.29 is 5.11 Å². The Hall–Kier alpha value is -2.63. The number of aliphatic hydroxyl groups is 1. The van der Waals surface area contributed by atoms with Gasteiger partial charge in [-0.05, 0) is 63.8 Å². The van der Waals surface area contributed by atoms with Crippen molar-refractivity contribution in [3.63, 3.8) is 0 Å². The van der Waals surface area contributed by atoms with E-state index in [0.717, 1.165) is 66.8 Å². The van der Waals surface area contributed by atoms with Crippen LogP contribution in [0.3, 0.4) is 0 Å². The van der Waals surface area contributed by atoms with E-state index in [9.17, 15) is 10.4 Å². The van der Waals surface area contributed by atoms with Crippen LogP contribution in [0.1, 0.15) is 51.5 Å². The van der Waals surface area contributed by atoms with E-state index >= 15 is 0 Å². The molecule has 0 unspecified atom stereocenters. The number of anilines is 1. The maximum atomic E-state index is 10.7. The normalized spacial score (nSPS) is 25.5. The maximum Gasteiger partial charge on any atom is 0.191 e. The topological polar surface area (TPSA) is 90.9 Å². The Morgan fingerprint density at radius 3 is 2.55 bits per heavy atom. The molecule has 4 aliphatic rings. The molecule has 2 aliphatic heterocycles. The van der Waals surface area contributed by atoms with Gasteiger partial charge in [0.15, 0.2) is 11.0 Å². The summed E-state index contributed by atoms with van der Waals surface area (Å²) in [5, 5.41) is 26.9. The molecule has 7 rings (SSSR count). The Morgan fingerprint density at radius 1 is 1.18 bits per heavy atom. The molecule has 4 heterocycles. The van der Waals surface area contributed by atoms with Crippen molar-refractivity contribution in [2.45, 2.75) is 68.2 Å². The second kappa shape index (κ2) is 6.94. The van der Waals surface area contributed by atoms with E-state index in [4.69, 9.17) is 9.97 Å². The molecule has 1 N–H and O–H groups in total. The van der Waals surface area contributed by atoms with Gasteiger partial charge < -0.3 is 10.0 Å². The minimum atomic E-state index is -0.705. The zero-order chi connectivity index (χ0) is 23.0. The number of hydrogen-bond donors (Lipinski definition) is 1. The third-order valence-corrected chi connectivity index (χ3v) is 8.93. The van der Waals surface area contributed by atoms with Gasteiger partial charge in [0.2, 0.25) is 0 Å². The van der Waals surface area contributed by atoms with E-state index in [1.54, 1.807) is 0 Å². The summed E-state index contributed by atoms with van der Waals surface area (Å²) in [7, 11) is 0. The summed E-state index contributed by atoms with van der Waals surface area (Å²) in [5.74, 6) is 1.63. The number of rotatable bonds is 5. The largest absolute Gasteiger partial charge is 0.390 e. The van der Waals surface area contributed by atoms with Gasteiger partial charge in [-0.3, -0.25) is 0 Å². The van der Waals surface area contributed by atoms with Crippen molar-refractivity contribution >= 4 is 28.5 Å². The van der Waals surface area contributed by atoms with Crippen LogP contribution < -0.4 is 4.90 Å². The van der Waals surface area contributed by atoms with E-state index in [-0.39, 0.29) is 10.8 Å². The van der Waals surface area contributed by atoms with Gasteiger partial charge in [-0.2, -0.15) is 10.4 Å². The number of thioether (sulfide) groups is 1. The molecule has 0 atom stereocenters. The molecule has 2 aliphatic carbocycles. The van der Waals surface area contributed by atoms with E-state index in [1.807, 2.05) is 37.0 Å². The van der Waals surface area contributed by atoms with Crippen molar-refractivity contribution in [1.82, 2.24) is 19.7 Å². The van der Waals surface area contributed by atoms with Crippen molar-refractivity contribution in [2.75, 3.05) is 17.7 Å². The molecule has 2 saturated carbocycles. The Labute approximate surface area is 197 Å². The molecule has 8 heteroatoms. The number of benzene rings is 1. The summed E-state index contributed by atoms with van der Waals surface area (Å²) in [5.41, 5.74) is 0.890. The minimum absolute atomic E-state index is 0.0655. The van der Waals surface area contributed by atoms with Crippen LogP contribution in [-0.4, -0.2) is 49.3 Å². The summed E-state index contributed by atoms with van der Waals surface area (Å²) in [6, 6.07) is 11.2. The Kier molecular flexibility index (Phi) is 4.40. The van der Waals surface area contributed by atoms with Crippen molar-refractivity contribution in [1.29, 1.82) is 5.26 Å². The first kappa shape index (κ1) is 20.9. The summed E-state index contributed by atoms with van der Waals surface area (Å²) in [4.78, 5) is 11.9. The van der Waals surface area contributed by atoms with Crippen LogP contribution >= 0.6 is 11.8 Å². The highest BCUT2D eigenvalue weighted by molar-refractivity contribution is 7.98. The molecule has 33 heavy (non-hydrogen) atoms. The van der Waals surface area contributed by atoms with Crippen LogP contribution in [0.5, 0.6) is 0 Å². The third-order valence-electron chi connectivity index (χ3n) is 8.38. The van der Waals surface area contributed by atoms with Gasteiger partial charge in [0.25, 0.3) is 0 Å². The quantitative estimate of drug-likeness (QED) is 0.450. The van der Waals surface area contributed by atoms with Crippen LogP contribution in [0.25, 0.3) is 16.7 Å². The molecule has 7 nitrogen and oxygen atoms in total. The van der Waals surface area contributed by atoms with Crippen molar-refractivity contribution in [3.8, 4) is 11.9 Å². The Bertz CT molecular complexity index is 1290. The zero-order valence-corrected chi connectivity index (χ0v) is 20.1. The van der Waals surface area contributed by atoms with E-state index in [2.05, 4.69) is 34.3 Å². The number of aromatic nitrogens is 4. The zero-order valence-electron chi connectivity index (χ0n) is 19.2. The molecule has 0 spiro atoms. The average molecular weight is 461 g/mol. The molecule has 170 valence electrons. The maximum absolute atomic E-state index is 10.7. The fourth-order valence-electron chi connectivity index (χ4n) is 5.85. The van der Waals surface area contributed by atoms with Crippen LogP contribution in [0, 0.1) is 16.7 Å². The first-order chi connectivity index (χ1) is 15.8. The highest BCUT2D eigenvalue weighted by Crippen LogP contribution is 2.58. The SMILES string of the molecule is CSc1nc(N2CC3(C(C)(C)O)CC2C3)cc(-n2ncc3ccc(C4(C#N)CCC4)cc32)n1. The lowest BCUT2D eigenvalue weighted by Gasteiger charge is -2.45. The monoisotopic (exact) mass is 460 g/mol. The number of nitrogens with zero attached hydrogens (tertiary/aromatic N) is 6. The van der Waals surface area contributed by atoms with Gasteiger partial charge in [0.1, 0.15) is 5.82 Å². The van der Waals surface area contributed by atoms with E-state index in [1.165, 1.54) is 11.8 Å². The molecule has 2 aromatic heterocycles. The molecule has 4 fully saturated rings. The van der Waals surface area contributed by atoms with E-state index in [0.29, 0.717) is 11.2 Å². The lowest BCUT2D eigenvalue weighted by molar-refractivity contribution is -0.0754. The van der Waals surface area contributed by atoms with Gasteiger partial charge in [-0.15, -0.1) is 0 Å². The summed E-state index contributed by atoms with van der Waals surface area (Å²) in [6.07, 6.45) is 8.75. The van der Waals surface area contributed by atoms with Gasteiger partial charge in [0, 0.05) is 29.5 Å². The molecule has 2 saturated heterocycles. The predicted octanol–water partition coefficient (Wildman–Crippen LogP) is 4.22. The average Bonchev–Trinajstić information content (AvgIpc) is 3.44. The second-order valence-electron chi connectivity index (χ2n) is 10.5. The van der Waals surface area contributed by atoms with E-state index < -0.39 is 5.60 Å². The number of fused-ring (bicyclic) bond motifs is 2. The number of hydrogen-bond acceptors (Lipinski definition) is 7. The Balaban J connectivity index is 1.42. The molecular formula is C25H28N6OS. The Morgan fingerprint density at radius 2 is 1.94 bits per heavy atom. The third kappa shape index (κ3) is 2.95. The molecule has 0 radical (unpaired) electrons. The lowest BCUT2D eigenvalue weighted by atomic mass is 9.61. The molecule has 2 bridgehead atoms. The summed E-state index contributed by atoms with van der Waals surface area (Å²) < 4.78 is 1.87. The lowest BCUT2D eigenvalue weighted by Crippen LogP contribution is -2.50.